The molecule has 3 rings (SSSR count). The van der Waals surface area contributed by atoms with Crippen LogP contribution in [-0.4, -0.2) is 45.5 Å². The van der Waals surface area contributed by atoms with E-state index in [-0.39, 0.29) is 18.9 Å². The van der Waals surface area contributed by atoms with Crippen LogP contribution in [0.1, 0.15) is 28.8 Å². The number of β-amino-alcohol motifs (C(OH)–C–C–N with tert-alkyl or cyclic N) is 1. The monoisotopic (exact) mass is 339 g/mol. The van der Waals surface area contributed by atoms with Gasteiger partial charge in [-0.2, -0.15) is 0 Å². The van der Waals surface area contributed by atoms with Crippen LogP contribution in [0.4, 0.5) is 0 Å². The molecule has 1 fully saturated rings. The number of primary amides is 1. The maximum absolute atomic E-state index is 13.0. The maximum atomic E-state index is 13.0. The van der Waals surface area contributed by atoms with Crippen LogP contribution in [0.3, 0.4) is 0 Å². The number of nitrogens with two attached hydrogens (primary N) is 1. The standard InChI is InChI=1S/C19H21N3O3/c1-13-14(16-8-2-3-10-21-16)6-4-7-15(13)17(23)22-11-5-9-19(25,12-22)18(20)24/h2-4,6-8,10,25H,5,9,11-12H2,1H3,(H2,20,24)/t19-/m1/s1. The zero-order valence-corrected chi connectivity index (χ0v) is 14.1. The van der Waals surface area contributed by atoms with Gasteiger partial charge < -0.3 is 15.7 Å². The largest absolute Gasteiger partial charge is 0.378 e. The van der Waals surface area contributed by atoms with Gasteiger partial charge in [0.15, 0.2) is 5.60 Å². The fourth-order valence-corrected chi connectivity index (χ4v) is 3.25. The number of aliphatic hydroxyl groups is 1. The Morgan fingerprint density at radius 1 is 1.24 bits per heavy atom. The van der Waals surface area contributed by atoms with Crippen molar-refractivity contribution in [2.45, 2.75) is 25.4 Å². The van der Waals surface area contributed by atoms with Gasteiger partial charge in [-0.05, 0) is 43.5 Å². The number of likely N-dealkylation sites (tertiary alicyclic amines) is 1. The van der Waals surface area contributed by atoms with E-state index in [1.54, 1.807) is 12.3 Å². The Hall–Kier alpha value is -2.73. The van der Waals surface area contributed by atoms with E-state index in [2.05, 4.69) is 4.98 Å². The molecule has 1 atom stereocenters. The molecule has 2 amide bonds. The normalized spacial score (nSPS) is 20.3. The summed E-state index contributed by atoms with van der Waals surface area (Å²) in [6, 6.07) is 11.1. The van der Waals surface area contributed by atoms with Crippen LogP contribution >= 0.6 is 0 Å². The fourth-order valence-electron chi connectivity index (χ4n) is 3.25. The van der Waals surface area contributed by atoms with E-state index in [0.29, 0.717) is 18.5 Å². The van der Waals surface area contributed by atoms with Crippen LogP contribution in [0.25, 0.3) is 11.3 Å². The predicted molar refractivity (Wildman–Crippen MR) is 93.7 cm³/mol. The molecule has 1 saturated heterocycles. The van der Waals surface area contributed by atoms with E-state index >= 15 is 0 Å². The van der Waals surface area contributed by atoms with Crippen molar-refractivity contribution in [3.63, 3.8) is 0 Å². The molecule has 1 aromatic carbocycles. The van der Waals surface area contributed by atoms with Gasteiger partial charge in [0.1, 0.15) is 0 Å². The number of benzene rings is 1. The van der Waals surface area contributed by atoms with Gasteiger partial charge in [0.25, 0.3) is 11.8 Å². The average molecular weight is 339 g/mol. The van der Waals surface area contributed by atoms with Gasteiger partial charge in [-0.25, -0.2) is 0 Å². The highest BCUT2D eigenvalue weighted by molar-refractivity contribution is 5.98. The quantitative estimate of drug-likeness (QED) is 0.886. The molecule has 0 bridgehead atoms. The fraction of sp³-hybridized carbons (Fsp3) is 0.316. The van der Waals surface area contributed by atoms with Crippen molar-refractivity contribution in [2.75, 3.05) is 13.1 Å². The number of carbonyl (C=O) groups is 2. The first-order valence-electron chi connectivity index (χ1n) is 8.25. The average Bonchev–Trinajstić information content (AvgIpc) is 2.62. The Morgan fingerprint density at radius 3 is 2.72 bits per heavy atom. The van der Waals surface area contributed by atoms with Crippen molar-refractivity contribution >= 4 is 11.8 Å². The first kappa shape index (κ1) is 17.1. The summed E-state index contributed by atoms with van der Waals surface area (Å²) in [6.45, 7) is 2.29. The molecule has 1 aliphatic heterocycles. The second-order valence-electron chi connectivity index (χ2n) is 6.42. The first-order chi connectivity index (χ1) is 11.9. The van der Waals surface area contributed by atoms with Gasteiger partial charge in [0.2, 0.25) is 0 Å². The van der Waals surface area contributed by atoms with Crippen molar-refractivity contribution in [3.8, 4) is 11.3 Å². The summed E-state index contributed by atoms with van der Waals surface area (Å²) in [6.07, 6.45) is 2.52. The molecule has 2 heterocycles. The van der Waals surface area contributed by atoms with Crippen LogP contribution in [0.15, 0.2) is 42.6 Å². The molecule has 25 heavy (non-hydrogen) atoms. The highest BCUT2D eigenvalue weighted by atomic mass is 16.3. The molecule has 3 N–H and O–H groups in total. The van der Waals surface area contributed by atoms with Gasteiger partial charge in [-0.15, -0.1) is 0 Å². The molecule has 1 aliphatic rings. The second kappa shape index (κ2) is 6.64. The van der Waals surface area contributed by atoms with Crippen molar-refractivity contribution in [1.29, 1.82) is 0 Å². The second-order valence-corrected chi connectivity index (χ2v) is 6.42. The molecule has 130 valence electrons. The highest BCUT2D eigenvalue weighted by Crippen LogP contribution is 2.27. The Bertz CT molecular complexity index is 807. The van der Waals surface area contributed by atoms with Crippen LogP contribution in [0.2, 0.25) is 0 Å². The lowest BCUT2D eigenvalue weighted by molar-refractivity contribution is -0.140. The Balaban J connectivity index is 1.92. The molecule has 0 saturated carbocycles. The van der Waals surface area contributed by atoms with Gasteiger partial charge >= 0.3 is 0 Å². The molecule has 2 aromatic rings. The lowest BCUT2D eigenvalue weighted by atomic mass is 9.91. The summed E-state index contributed by atoms with van der Waals surface area (Å²) in [4.78, 5) is 30.3. The van der Waals surface area contributed by atoms with E-state index in [1.807, 2.05) is 37.3 Å². The number of nitrogens with zero attached hydrogens (tertiary/aromatic N) is 2. The minimum atomic E-state index is -1.65. The van der Waals surface area contributed by atoms with Gasteiger partial charge in [0.05, 0.1) is 12.2 Å². The minimum Gasteiger partial charge on any atom is -0.378 e. The number of aromatic nitrogens is 1. The number of piperidine rings is 1. The summed E-state index contributed by atoms with van der Waals surface area (Å²) in [5, 5.41) is 10.3. The molecule has 1 aromatic heterocycles. The lowest BCUT2D eigenvalue weighted by Gasteiger charge is -2.37. The Morgan fingerprint density at radius 2 is 2.04 bits per heavy atom. The van der Waals surface area contributed by atoms with Gasteiger partial charge in [-0.1, -0.05) is 18.2 Å². The molecule has 6 nitrogen and oxygen atoms in total. The van der Waals surface area contributed by atoms with E-state index in [0.717, 1.165) is 16.8 Å². The van der Waals surface area contributed by atoms with Crippen molar-refractivity contribution in [1.82, 2.24) is 9.88 Å². The van der Waals surface area contributed by atoms with E-state index in [4.69, 9.17) is 5.73 Å². The molecular formula is C19H21N3O3. The number of rotatable bonds is 3. The summed E-state index contributed by atoms with van der Waals surface area (Å²) in [5.41, 5.74) is 6.68. The van der Waals surface area contributed by atoms with Gasteiger partial charge in [-0.3, -0.25) is 14.6 Å². The molecular weight excluding hydrogens is 318 g/mol. The molecule has 0 spiro atoms. The van der Waals surface area contributed by atoms with Crippen molar-refractivity contribution in [3.05, 3.63) is 53.7 Å². The SMILES string of the molecule is Cc1c(C(=O)N2CCC[C@](O)(C(N)=O)C2)cccc1-c1ccccn1. The van der Waals surface area contributed by atoms with Crippen molar-refractivity contribution in [2.24, 2.45) is 5.73 Å². The van der Waals surface area contributed by atoms with E-state index in [9.17, 15) is 14.7 Å². The number of pyridine rings is 1. The highest BCUT2D eigenvalue weighted by Gasteiger charge is 2.40. The van der Waals surface area contributed by atoms with E-state index in [1.165, 1.54) is 4.90 Å². The summed E-state index contributed by atoms with van der Waals surface area (Å²) in [5.74, 6) is -1.00. The van der Waals surface area contributed by atoms with Crippen molar-refractivity contribution < 1.29 is 14.7 Å². The number of hydrogen-bond acceptors (Lipinski definition) is 4. The topological polar surface area (TPSA) is 96.5 Å². The number of amides is 2. The molecule has 0 unspecified atom stereocenters. The number of hydrogen-bond donors (Lipinski definition) is 2. The predicted octanol–water partition coefficient (Wildman–Crippen LogP) is 1.51. The summed E-state index contributed by atoms with van der Waals surface area (Å²) in [7, 11) is 0. The molecule has 0 aliphatic carbocycles. The zero-order valence-electron chi connectivity index (χ0n) is 14.1. The third kappa shape index (κ3) is 3.25. The Labute approximate surface area is 146 Å². The van der Waals surface area contributed by atoms with Crippen LogP contribution in [0.5, 0.6) is 0 Å². The van der Waals surface area contributed by atoms with Crippen LogP contribution in [0, 0.1) is 6.92 Å². The van der Waals surface area contributed by atoms with Crippen LogP contribution in [-0.2, 0) is 4.79 Å². The third-order valence-corrected chi connectivity index (χ3v) is 4.72. The smallest absolute Gasteiger partial charge is 0.254 e. The summed E-state index contributed by atoms with van der Waals surface area (Å²) < 4.78 is 0. The zero-order chi connectivity index (χ0) is 18.0. The summed E-state index contributed by atoms with van der Waals surface area (Å²) >= 11 is 0. The lowest BCUT2D eigenvalue weighted by Crippen LogP contribution is -2.57. The number of carbonyl (C=O) groups excluding carboxylic acids is 2. The Kier molecular flexibility index (Phi) is 4.55. The third-order valence-electron chi connectivity index (χ3n) is 4.72. The van der Waals surface area contributed by atoms with E-state index < -0.39 is 11.5 Å². The van der Waals surface area contributed by atoms with Crippen LogP contribution < -0.4 is 5.73 Å². The maximum Gasteiger partial charge on any atom is 0.254 e. The molecule has 6 heteroatoms. The van der Waals surface area contributed by atoms with Gasteiger partial charge in [0, 0.05) is 23.9 Å². The molecule has 0 radical (unpaired) electrons. The first-order valence-corrected chi connectivity index (χ1v) is 8.25. The minimum absolute atomic E-state index is 0.0750.